The van der Waals surface area contributed by atoms with Gasteiger partial charge in [0, 0.05) is 11.1 Å². The van der Waals surface area contributed by atoms with E-state index >= 15 is 0 Å². The minimum Gasteiger partial charge on any atom is -0.477 e. The second-order valence-corrected chi connectivity index (χ2v) is 5.48. The molecule has 2 rings (SSSR count). The molecule has 0 fully saturated rings. The van der Waals surface area contributed by atoms with Crippen LogP contribution in [-0.4, -0.2) is 20.6 Å². The van der Waals surface area contributed by atoms with E-state index < -0.39 is 34.1 Å². The van der Waals surface area contributed by atoms with Gasteiger partial charge in [-0.25, -0.2) is 14.2 Å². The summed E-state index contributed by atoms with van der Waals surface area (Å²) >= 11 is 11.4. The lowest BCUT2D eigenvalue weighted by atomic mass is 10.1. The van der Waals surface area contributed by atoms with Crippen LogP contribution in [0.25, 0.3) is 11.8 Å². The highest BCUT2D eigenvalue weighted by Gasteiger charge is 2.33. The SMILES string of the molecule is O=C(O)C(Cl)=Cc1cc(-n2c(=O)cc(C(F)(F)F)[nH]c2=O)ccc1Cl. The molecule has 0 saturated carbocycles. The molecular formula is C14H7Cl2F3N2O4. The molecular weight excluding hydrogens is 388 g/mol. The number of carboxylic acids is 1. The van der Waals surface area contributed by atoms with Gasteiger partial charge < -0.3 is 10.1 Å². The maximum Gasteiger partial charge on any atom is 0.431 e. The van der Waals surface area contributed by atoms with E-state index in [-0.39, 0.29) is 22.3 Å². The van der Waals surface area contributed by atoms with Gasteiger partial charge in [-0.15, -0.1) is 0 Å². The number of benzene rings is 1. The summed E-state index contributed by atoms with van der Waals surface area (Å²) in [5.74, 6) is -1.44. The molecule has 2 aromatic rings. The van der Waals surface area contributed by atoms with Gasteiger partial charge in [0.05, 0.1) is 5.69 Å². The van der Waals surface area contributed by atoms with Crippen LogP contribution in [0.3, 0.4) is 0 Å². The zero-order valence-electron chi connectivity index (χ0n) is 11.9. The van der Waals surface area contributed by atoms with Crippen molar-refractivity contribution in [3.8, 4) is 5.69 Å². The summed E-state index contributed by atoms with van der Waals surface area (Å²) in [5, 5.41) is 8.22. The number of hydrogen-bond donors (Lipinski definition) is 2. The van der Waals surface area contributed by atoms with Gasteiger partial charge in [-0.05, 0) is 29.8 Å². The first-order chi connectivity index (χ1) is 11.5. The van der Waals surface area contributed by atoms with Crippen LogP contribution in [0.4, 0.5) is 13.2 Å². The largest absolute Gasteiger partial charge is 0.477 e. The fraction of sp³-hybridized carbons (Fsp3) is 0.0714. The zero-order valence-corrected chi connectivity index (χ0v) is 13.4. The number of aromatic nitrogens is 2. The van der Waals surface area contributed by atoms with Crippen molar-refractivity contribution in [1.29, 1.82) is 0 Å². The maximum absolute atomic E-state index is 12.6. The summed E-state index contributed by atoms with van der Waals surface area (Å²) in [6.45, 7) is 0. The van der Waals surface area contributed by atoms with Crippen molar-refractivity contribution < 1.29 is 23.1 Å². The Morgan fingerprint density at radius 3 is 2.40 bits per heavy atom. The van der Waals surface area contributed by atoms with Gasteiger partial charge in [0.1, 0.15) is 10.7 Å². The van der Waals surface area contributed by atoms with Crippen molar-refractivity contribution in [2.45, 2.75) is 6.18 Å². The number of nitrogens with one attached hydrogen (secondary N) is 1. The number of carbonyl (C=O) groups is 1. The number of aliphatic carboxylic acids is 1. The predicted molar refractivity (Wildman–Crippen MR) is 84.1 cm³/mol. The summed E-state index contributed by atoms with van der Waals surface area (Å²) in [4.78, 5) is 36.1. The minimum absolute atomic E-state index is 0.0535. The second kappa shape index (κ2) is 6.77. The van der Waals surface area contributed by atoms with Gasteiger partial charge in [-0.3, -0.25) is 4.79 Å². The first-order valence-electron chi connectivity index (χ1n) is 6.34. The first kappa shape index (κ1) is 18.8. The molecule has 1 heterocycles. The fourth-order valence-electron chi connectivity index (χ4n) is 1.87. The van der Waals surface area contributed by atoms with Crippen LogP contribution >= 0.6 is 23.2 Å². The summed E-state index contributed by atoms with van der Waals surface area (Å²) in [7, 11) is 0. The van der Waals surface area contributed by atoms with Gasteiger partial charge in [0.2, 0.25) is 0 Å². The predicted octanol–water partition coefficient (Wildman–Crippen LogP) is 2.86. The van der Waals surface area contributed by atoms with Crippen LogP contribution in [0, 0.1) is 0 Å². The Labute approximate surface area is 146 Å². The highest BCUT2D eigenvalue weighted by Crippen LogP contribution is 2.26. The van der Waals surface area contributed by atoms with E-state index in [0.29, 0.717) is 4.57 Å². The molecule has 0 aliphatic carbocycles. The Morgan fingerprint density at radius 2 is 1.88 bits per heavy atom. The molecule has 2 N–H and O–H groups in total. The van der Waals surface area contributed by atoms with E-state index in [1.54, 1.807) is 4.98 Å². The molecule has 11 heteroatoms. The standard InChI is InChI=1S/C14H7Cl2F3N2O4/c15-8-2-1-7(3-6(8)4-9(16)12(23)24)21-11(22)5-10(14(17,18)19)20-13(21)25/h1-5H,(H,20,25)(H,23,24). The van der Waals surface area contributed by atoms with Crippen LogP contribution < -0.4 is 11.2 Å². The van der Waals surface area contributed by atoms with E-state index in [9.17, 15) is 27.6 Å². The molecule has 0 bridgehead atoms. The van der Waals surface area contributed by atoms with Crippen molar-refractivity contribution in [2.24, 2.45) is 0 Å². The molecule has 0 unspecified atom stereocenters. The lowest BCUT2D eigenvalue weighted by Crippen LogP contribution is -2.35. The maximum atomic E-state index is 12.6. The second-order valence-electron chi connectivity index (χ2n) is 4.66. The molecule has 132 valence electrons. The fourth-order valence-corrected chi connectivity index (χ4v) is 2.16. The molecule has 0 spiro atoms. The topological polar surface area (TPSA) is 92.2 Å². The molecule has 25 heavy (non-hydrogen) atoms. The first-order valence-corrected chi connectivity index (χ1v) is 7.10. The number of carboxylic acid groups (broad SMARTS) is 1. The quantitative estimate of drug-likeness (QED) is 0.782. The van der Waals surface area contributed by atoms with Crippen LogP contribution in [-0.2, 0) is 11.0 Å². The van der Waals surface area contributed by atoms with E-state index in [4.69, 9.17) is 28.3 Å². The van der Waals surface area contributed by atoms with Crippen LogP contribution in [0.15, 0.2) is 38.9 Å². The third-order valence-corrected chi connectivity index (χ3v) is 3.58. The van der Waals surface area contributed by atoms with Crippen molar-refractivity contribution >= 4 is 35.2 Å². The monoisotopic (exact) mass is 394 g/mol. The Bertz CT molecular complexity index is 962. The number of halogens is 5. The van der Waals surface area contributed by atoms with Gasteiger partial charge in [-0.2, -0.15) is 13.2 Å². The molecule has 0 aliphatic rings. The highest BCUT2D eigenvalue weighted by molar-refractivity contribution is 6.43. The van der Waals surface area contributed by atoms with Crippen LogP contribution in [0.5, 0.6) is 0 Å². The number of aromatic amines is 1. The molecule has 1 aromatic carbocycles. The minimum atomic E-state index is -4.89. The third-order valence-electron chi connectivity index (χ3n) is 2.96. The third kappa shape index (κ3) is 4.12. The van der Waals surface area contributed by atoms with Crippen molar-refractivity contribution in [1.82, 2.24) is 9.55 Å². The zero-order chi connectivity index (χ0) is 18.9. The number of alkyl halides is 3. The smallest absolute Gasteiger partial charge is 0.431 e. The van der Waals surface area contributed by atoms with Crippen molar-refractivity contribution in [2.75, 3.05) is 0 Å². The van der Waals surface area contributed by atoms with E-state index in [0.717, 1.165) is 12.1 Å². The highest BCUT2D eigenvalue weighted by atomic mass is 35.5. The summed E-state index contributed by atoms with van der Waals surface area (Å²) < 4.78 is 38.3. The van der Waals surface area contributed by atoms with Crippen molar-refractivity contribution in [3.05, 3.63) is 66.4 Å². The van der Waals surface area contributed by atoms with Gasteiger partial charge in [0.25, 0.3) is 5.56 Å². The van der Waals surface area contributed by atoms with Crippen LogP contribution in [0.2, 0.25) is 5.02 Å². The van der Waals surface area contributed by atoms with Gasteiger partial charge in [-0.1, -0.05) is 23.2 Å². The van der Waals surface area contributed by atoms with Gasteiger partial charge >= 0.3 is 17.8 Å². The molecule has 1 aromatic heterocycles. The lowest BCUT2D eigenvalue weighted by Gasteiger charge is -2.10. The molecule has 0 atom stereocenters. The molecule has 0 aliphatic heterocycles. The average molecular weight is 395 g/mol. The number of nitrogens with zero attached hydrogens (tertiary/aromatic N) is 1. The summed E-state index contributed by atoms with van der Waals surface area (Å²) in [6.07, 6.45) is -3.92. The van der Waals surface area contributed by atoms with Gasteiger partial charge in [0.15, 0.2) is 0 Å². The van der Waals surface area contributed by atoms with E-state index in [1.165, 1.54) is 12.1 Å². The average Bonchev–Trinajstić information content (AvgIpc) is 2.48. The van der Waals surface area contributed by atoms with E-state index in [1.807, 2.05) is 0 Å². The number of hydrogen-bond acceptors (Lipinski definition) is 3. The molecule has 0 amide bonds. The Hall–Kier alpha value is -2.52. The Kier molecular flexibility index (Phi) is 5.09. The molecule has 6 nitrogen and oxygen atoms in total. The normalized spacial score (nSPS) is 12.3. The van der Waals surface area contributed by atoms with Crippen molar-refractivity contribution in [3.63, 3.8) is 0 Å². The molecule has 0 radical (unpaired) electrons. The number of rotatable bonds is 3. The van der Waals surface area contributed by atoms with Crippen LogP contribution in [0.1, 0.15) is 11.3 Å². The summed E-state index contributed by atoms with van der Waals surface area (Å²) in [5.41, 5.74) is -4.09. The summed E-state index contributed by atoms with van der Waals surface area (Å²) in [6, 6.07) is 3.81. The number of H-pyrrole nitrogens is 1. The van der Waals surface area contributed by atoms with E-state index in [2.05, 4.69) is 0 Å². The Morgan fingerprint density at radius 1 is 1.24 bits per heavy atom. The molecule has 0 saturated heterocycles. The lowest BCUT2D eigenvalue weighted by molar-refractivity contribution is -0.141. The Balaban J connectivity index is 2.65.